The summed E-state index contributed by atoms with van der Waals surface area (Å²) >= 11 is 1.34. The predicted octanol–water partition coefficient (Wildman–Crippen LogP) is 1.86. The Labute approximate surface area is 109 Å². The van der Waals surface area contributed by atoms with Gasteiger partial charge in [0.1, 0.15) is 6.33 Å². The number of nitrogens with zero attached hydrogens (tertiary/aromatic N) is 4. The number of rotatable bonds is 5. The molecule has 94 valence electrons. The van der Waals surface area contributed by atoms with Crippen molar-refractivity contribution in [3.8, 4) is 5.75 Å². The minimum atomic E-state index is 0.608. The molecule has 0 saturated carbocycles. The lowest BCUT2D eigenvalue weighted by molar-refractivity contribution is 0.400. The van der Waals surface area contributed by atoms with Crippen molar-refractivity contribution in [1.29, 1.82) is 0 Å². The zero-order valence-corrected chi connectivity index (χ0v) is 10.9. The van der Waals surface area contributed by atoms with Crippen LogP contribution in [0.5, 0.6) is 5.75 Å². The fourth-order valence-corrected chi connectivity index (χ4v) is 2.10. The van der Waals surface area contributed by atoms with Gasteiger partial charge in [-0.1, -0.05) is 0 Å². The first-order valence-electron chi connectivity index (χ1n) is 5.43. The van der Waals surface area contributed by atoms with Crippen LogP contribution >= 0.6 is 11.8 Å². The molecule has 0 aromatic carbocycles. The van der Waals surface area contributed by atoms with Crippen molar-refractivity contribution >= 4 is 17.6 Å². The Balaban J connectivity index is 2.30. The van der Waals surface area contributed by atoms with Gasteiger partial charge in [-0.25, -0.2) is 19.9 Å². The third-order valence-electron chi connectivity index (χ3n) is 2.05. The second-order valence-corrected chi connectivity index (χ2v) is 4.18. The van der Waals surface area contributed by atoms with Gasteiger partial charge in [-0.05, 0) is 24.8 Å². The van der Waals surface area contributed by atoms with Crippen LogP contribution in [0.3, 0.4) is 0 Å². The molecule has 0 bridgehead atoms. The summed E-state index contributed by atoms with van der Waals surface area (Å²) in [5.41, 5.74) is 0. The summed E-state index contributed by atoms with van der Waals surface area (Å²) in [4.78, 5) is 16.6. The first kappa shape index (κ1) is 12.6. The van der Waals surface area contributed by atoms with E-state index >= 15 is 0 Å². The molecule has 2 heterocycles. The van der Waals surface area contributed by atoms with Gasteiger partial charge in [-0.2, -0.15) is 0 Å². The Bertz CT molecular complexity index is 508. The summed E-state index contributed by atoms with van der Waals surface area (Å²) in [7, 11) is 1.59. The molecule has 2 aromatic rings. The first-order valence-corrected chi connectivity index (χ1v) is 6.24. The van der Waals surface area contributed by atoms with Crippen molar-refractivity contribution in [2.75, 3.05) is 19.0 Å². The minimum Gasteiger partial charge on any atom is -0.490 e. The van der Waals surface area contributed by atoms with Gasteiger partial charge in [0.05, 0.1) is 7.11 Å². The van der Waals surface area contributed by atoms with Crippen molar-refractivity contribution in [2.24, 2.45) is 0 Å². The zero-order chi connectivity index (χ0) is 12.8. The number of ether oxygens (including phenoxy) is 1. The van der Waals surface area contributed by atoms with E-state index in [1.165, 1.54) is 18.1 Å². The molecular formula is C11H13N5OS. The van der Waals surface area contributed by atoms with E-state index in [0.717, 1.165) is 6.54 Å². The smallest absolute Gasteiger partial charge is 0.194 e. The highest BCUT2D eigenvalue weighted by atomic mass is 32.2. The van der Waals surface area contributed by atoms with Gasteiger partial charge in [0.15, 0.2) is 21.7 Å². The van der Waals surface area contributed by atoms with E-state index in [1.54, 1.807) is 25.6 Å². The van der Waals surface area contributed by atoms with Crippen molar-refractivity contribution in [2.45, 2.75) is 17.1 Å². The Hall–Kier alpha value is -1.89. The largest absolute Gasteiger partial charge is 0.490 e. The van der Waals surface area contributed by atoms with Crippen molar-refractivity contribution in [3.63, 3.8) is 0 Å². The van der Waals surface area contributed by atoms with Gasteiger partial charge in [0.25, 0.3) is 0 Å². The highest BCUT2D eigenvalue weighted by molar-refractivity contribution is 7.99. The van der Waals surface area contributed by atoms with E-state index in [9.17, 15) is 0 Å². The molecule has 0 saturated heterocycles. The lowest BCUT2D eigenvalue weighted by Crippen LogP contribution is -2.04. The van der Waals surface area contributed by atoms with Crippen LogP contribution in [0.2, 0.25) is 0 Å². The highest BCUT2D eigenvalue weighted by Crippen LogP contribution is 2.34. The predicted molar refractivity (Wildman–Crippen MR) is 68.9 cm³/mol. The molecule has 0 radical (unpaired) electrons. The second-order valence-electron chi connectivity index (χ2n) is 3.22. The number of aromatic nitrogens is 4. The third kappa shape index (κ3) is 2.86. The summed E-state index contributed by atoms with van der Waals surface area (Å²) in [6.45, 7) is 2.76. The number of hydrogen-bond acceptors (Lipinski definition) is 7. The lowest BCUT2D eigenvalue weighted by Gasteiger charge is -2.10. The van der Waals surface area contributed by atoms with Crippen molar-refractivity contribution < 1.29 is 4.74 Å². The topological polar surface area (TPSA) is 72.8 Å². The molecule has 0 amide bonds. The van der Waals surface area contributed by atoms with E-state index in [1.807, 2.05) is 6.92 Å². The molecule has 2 aromatic heterocycles. The molecule has 0 aliphatic rings. The summed E-state index contributed by atoms with van der Waals surface area (Å²) in [5.74, 6) is 1.28. The molecule has 1 N–H and O–H groups in total. The van der Waals surface area contributed by atoms with Crippen LogP contribution in [-0.4, -0.2) is 33.6 Å². The molecule has 7 heteroatoms. The Kier molecular flexibility index (Phi) is 4.30. The third-order valence-corrected chi connectivity index (χ3v) is 2.93. The zero-order valence-electron chi connectivity index (χ0n) is 10.1. The maximum Gasteiger partial charge on any atom is 0.194 e. The first-order chi connectivity index (χ1) is 8.85. The van der Waals surface area contributed by atoms with Crippen LogP contribution in [0.4, 0.5) is 5.82 Å². The van der Waals surface area contributed by atoms with E-state index in [-0.39, 0.29) is 0 Å². The van der Waals surface area contributed by atoms with Crippen LogP contribution in [0.25, 0.3) is 0 Å². The van der Waals surface area contributed by atoms with E-state index in [0.29, 0.717) is 21.7 Å². The lowest BCUT2D eigenvalue weighted by atomic mass is 10.5. The van der Waals surface area contributed by atoms with Crippen LogP contribution in [0.15, 0.2) is 35.0 Å². The summed E-state index contributed by atoms with van der Waals surface area (Å²) < 4.78 is 5.34. The average molecular weight is 263 g/mol. The molecule has 0 fully saturated rings. The monoisotopic (exact) mass is 263 g/mol. The second kappa shape index (κ2) is 6.15. The maximum atomic E-state index is 5.34. The van der Waals surface area contributed by atoms with Crippen LogP contribution in [0.1, 0.15) is 6.92 Å². The molecule has 0 spiro atoms. The fourth-order valence-electron chi connectivity index (χ4n) is 1.33. The van der Waals surface area contributed by atoms with Crippen molar-refractivity contribution in [3.05, 3.63) is 24.8 Å². The maximum absolute atomic E-state index is 5.34. The summed E-state index contributed by atoms with van der Waals surface area (Å²) in [6.07, 6.45) is 4.87. The average Bonchev–Trinajstić information content (AvgIpc) is 2.41. The van der Waals surface area contributed by atoms with Gasteiger partial charge in [-0.3, -0.25) is 0 Å². The Morgan fingerprint density at radius 2 is 2.00 bits per heavy atom. The Morgan fingerprint density at radius 1 is 1.22 bits per heavy atom. The number of methoxy groups -OCH3 is 1. The molecule has 0 atom stereocenters. The minimum absolute atomic E-state index is 0.608. The standard InChI is InChI=1S/C11H13N5OS/c1-3-12-9-8(17-2)10(16-7-15-9)18-11-13-5-4-6-14-11/h4-7H,3H2,1-2H3,(H,12,15,16). The molecule has 0 unspecified atom stereocenters. The fraction of sp³-hybridized carbons (Fsp3) is 0.273. The quantitative estimate of drug-likeness (QED) is 0.652. The summed E-state index contributed by atoms with van der Waals surface area (Å²) in [5, 5.41) is 4.43. The number of anilines is 1. The van der Waals surface area contributed by atoms with Gasteiger partial charge in [-0.15, -0.1) is 0 Å². The number of nitrogens with one attached hydrogen (secondary N) is 1. The van der Waals surface area contributed by atoms with Gasteiger partial charge < -0.3 is 10.1 Å². The van der Waals surface area contributed by atoms with Gasteiger partial charge in [0.2, 0.25) is 0 Å². The van der Waals surface area contributed by atoms with Gasteiger partial charge in [0, 0.05) is 18.9 Å². The molecule has 18 heavy (non-hydrogen) atoms. The van der Waals surface area contributed by atoms with E-state index in [4.69, 9.17) is 4.74 Å². The SMILES string of the molecule is CCNc1ncnc(Sc2ncccn2)c1OC. The van der Waals surface area contributed by atoms with Gasteiger partial charge >= 0.3 is 0 Å². The van der Waals surface area contributed by atoms with Crippen LogP contribution in [-0.2, 0) is 0 Å². The normalized spacial score (nSPS) is 10.1. The van der Waals surface area contributed by atoms with Crippen LogP contribution in [0, 0.1) is 0 Å². The van der Waals surface area contributed by atoms with E-state index < -0.39 is 0 Å². The number of hydrogen-bond donors (Lipinski definition) is 1. The molecular weight excluding hydrogens is 250 g/mol. The van der Waals surface area contributed by atoms with Crippen molar-refractivity contribution in [1.82, 2.24) is 19.9 Å². The molecule has 2 rings (SSSR count). The summed E-state index contributed by atoms with van der Waals surface area (Å²) in [6, 6.07) is 1.77. The molecule has 0 aliphatic heterocycles. The van der Waals surface area contributed by atoms with E-state index in [2.05, 4.69) is 25.3 Å². The van der Waals surface area contributed by atoms with Crippen LogP contribution < -0.4 is 10.1 Å². The Morgan fingerprint density at radius 3 is 2.67 bits per heavy atom. The highest BCUT2D eigenvalue weighted by Gasteiger charge is 2.13. The molecule has 6 nitrogen and oxygen atoms in total. The molecule has 0 aliphatic carbocycles.